The van der Waals surface area contributed by atoms with Crippen LogP contribution in [0.25, 0.3) is 0 Å². The fourth-order valence-corrected chi connectivity index (χ4v) is 6.20. The van der Waals surface area contributed by atoms with Crippen molar-refractivity contribution in [1.82, 2.24) is 10.6 Å². The van der Waals surface area contributed by atoms with E-state index in [2.05, 4.69) is 15.6 Å². The van der Waals surface area contributed by atoms with Gasteiger partial charge in [-0.25, -0.2) is 13.8 Å². The van der Waals surface area contributed by atoms with E-state index in [0.717, 1.165) is 11.1 Å². The molecule has 0 bridgehead atoms. The van der Waals surface area contributed by atoms with Gasteiger partial charge in [0.1, 0.15) is 24.2 Å². The number of carbonyl (C=O) groups excluding carboxylic acids is 3. The highest BCUT2D eigenvalue weighted by Gasteiger charge is 2.59. The molecule has 4 rings (SSSR count). The summed E-state index contributed by atoms with van der Waals surface area (Å²) in [5, 5.41) is 4.17. The van der Waals surface area contributed by atoms with Gasteiger partial charge in [-0.3, -0.25) is 20.4 Å². The van der Waals surface area contributed by atoms with Crippen molar-refractivity contribution in [2.24, 2.45) is 16.3 Å². The molecule has 1 saturated carbocycles. The Bertz CT molecular complexity index is 1370. The molecular formula is C32H35N3O7S. The minimum atomic E-state index is -1.81. The van der Waals surface area contributed by atoms with Crippen LogP contribution >= 0.6 is 0 Å². The van der Waals surface area contributed by atoms with Crippen LogP contribution in [0, 0.1) is 11.3 Å². The van der Waals surface area contributed by atoms with E-state index < -0.39 is 33.9 Å². The molecule has 0 saturated heterocycles. The zero-order valence-electron chi connectivity index (χ0n) is 24.1. The van der Waals surface area contributed by atoms with Gasteiger partial charge in [-0.1, -0.05) is 92.7 Å². The molecule has 0 spiro atoms. The zero-order chi connectivity index (χ0) is 30.7. The molecule has 0 heterocycles. The van der Waals surface area contributed by atoms with Crippen molar-refractivity contribution in [2.75, 3.05) is 6.54 Å². The number of hydrogen-bond donors (Lipinski definition) is 2. The smallest absolute Gasteiger partial charge is 0.414 e. The van der Waals surface area contributed by atoms with Crippen LogP contribution in [0.3, 0.4) is 0 Å². The number of nitrogens with zero attached hydrogens (tertiary/aromatic N) is 1. The molecule has 43 heavy (non-hydrogen) atoms. The van der Waals surface area contributed by atoms with Crippen molar-refractivity contribution in [3.8, 4) is 5.75 Å². The molecule has 226 valence electrons. The van der Waals surface area contributed by atoms with Gasteiger partial charge >= 0.3 is 12.2 Å². The molecule has 1 fully saturated rings. The first-order valence-electron chi connectivity index (χ1n) is 13.9. The second-order valence-electron chi connectivity index (χ2n) is 10.6. The molecule has 3 unspecified atom stereocenters. The quantitative estimate of drug-likeness (QED) is 0.172. The van der Waals surface area contributed by atoms with Gasteiger partial charge in [0.25, 0.3) is 0 Å². The first-order chi connectivity index (χ1) is 20.7. The van der Waals surface area contributed by atoms with Gasteiger partial charge < -0.3 is 13.7 Å². The number of nitrogens with one attached hydrogen (secondary N) is 2. The number of guanidine groups is 1. The highest BCUT2D eigenvalue weighted by Crippen LogP contribution is 2.48. The van der Waals surface area contributed by atoms with Crippen LogP contribution in [0.15, 0.2) is 96.0 Å². The molecule has 0 aliphatic heterocycles. The predicted octanol–water partition coefficient (Wildman–Crippen LogP) is 5.31. The average Bonchev–Trinajstić information content (AvgIpc) is 3.00. The monoisotopic (exact) mass is 605 g/mol. The number of alkyl carbamates (subject to hydrolysis) is 2. The highest BCUT2D eigenvalue weighted by molar-refractivity contribution is 7.82. The summed E-state index contributed by atoms with van der Waals surface area (Å²) in [6, 6.07) is 27.1. The molecule has 2 N–H and O–H groups in total. The summed E-state index contributed by atoms with van der Waals surface area (Å²) < 4.78 is 28.8. The van der Waals surface area contributed by atoms with Crippen molar-refractivity contribution in [3.05, 3.63) is 102 Å². The van der Waals surface area contributed by atoms with Crippen LogP contribution in [-0.4, -0.2) is 39.9 Å². The Labute approximate surface area is 253 Å². The maximum Gasteiger partial charge on any atom is 0.414 e. The first-order valence-corrected chi connectivity index (χ1v) is 15.1. The van der Waals surface area contributed by atoms with Crippen molar-refractivity contribution in [3.63, 3.8) is 0 Å². The maximum atomic E-state index is 12.9. The van der Waals surface area contributed by atoms with E-state index >= 15 is 0 Å². The Morgan fingerprint density at radius 1 is 0.814 bits per heavy atom. The third-order valence-electron chi connectivity index (χ3n) is 7.08. The van der Waals surface area contributed by atoms with Gasteiger partial charge in [-0.2, -0.15) is 0 Å². The molecular weight excluding hydrogens is 570 g/mol. The lowest BCUT2D eigenvalue weighted by Gasteiger charge is -2.48. The molecule has 10 nitrogen and oxygen atoms in total. The Balaban J connectivity index is 1.31. The topological polar surface area (TPSA) is 132 Å². The Morgan fingerprint density at radius 3 is 1.79 bits per heavy atom. The molecule has 3 atom stereocenters. The number of hydrogen-bond acceptors (Lipinski definition) is 8. The minimum absolute atomic E-state index is 0.0355. The fourth-order valence-electron chi connectivity index (χ4n) is 4.79. The molecule has 3 aromatic carbocycles. The maximum absolute atomic E-state index is 12.9. The van der Waals surface area contributed by atoms with Crippen LogP contribution in [-0.2, 0) is 38.6 Å². The second kappa shape index (κ2) is 15.1. The van der Waals surface area contributed by atoms with E-state index in [1.54, 1.807) is 24.3 Å². The molecule has 2 amide bonds. The van der Waals surface area contributed by atoms with Crippen LogP contribution in [0.5, 0.6) is 5.75 Å². The van der Waals surface area contributed by atoms with E-state index in [-0.39, 0.29) is 37.4 Å². The summed E-state index contributed by atoms with van der Waals surface area (Å²) in [5.41, 5.74) is 1.06. The molecule has 0 aromatic heterocycles. The summed E-state index contributed by atoms with van der Waals surface area (Å²) in [6.45, 7) is 4.07. The Morgan fingerprint density at radius 2 is 1.30 bits per heavy atom. The molecule has 1 aliphatic rings. The molecule has 11 heteroatoms. The van der Waals surface area contributed by atoms with Crippen molar-refractivity contribution in [1.29, 1.82) is 0 Å². The lowest BCUT2D eigenvalue weighted by molar-refractivity contribution is -0.139. The third kappa shape index (κ3) is 8.99. The summed E-state index contributed by atoms with van der Waals surface area (Å²) in [4.78, 5) is 42.2. The van der Waals surface area contributed by atoms with Crippen molar-refractivity contribution in [2.45, 2.75) is 45.2 Å². The first kappa shape index (κ1) is 31.4. The summed E-state index contributed by atoms with van der Waals surface area (Å²) in [6.07, 6.45) is -0.641. The largest absolute Gasteiger partial charge is 0.444 e. The molecule has 3 aromatic rings. The Hall–Kier alpha value is -4.51. The highest BCUT2D eigenvalue weighted by atomic mass is 32.2. The number of amides is 2. The number of aliphatic imine (C=N–C) groups is 1. The van der Waals surface area contributed by atoms with Crippen LogP contribution in [0.1, 0.15) is 37.8 Å². The normalized spacial score (nSPS) is 17.5. The number of benzene rings is 3. The number of Topliss-reactive ketones (excluding diaryl/α,β-unsaturated/α-hetero) is 1. The Kier molecular flexibility index (Phi) is 11.0. The minimum Gasteiger partial charge on any atom is -0.444 e. The van der Waals surface area contributed by atoms with Crippen LogP contribution in [0.2, 0.25) is 0 Å². The standard InChI is InChI=1S/C32H35N3O7S/c1-32(2)26(27(36)28(32)43(39)42-25-17-10-5-11-18-25)19-12-20-33-29(34-30(37)40-21-23-13-6-3-7-14-23)35-31(38)41-22-24-15-8-4-9-16-24/h3-11,13-18,26,28H,12,19-22H2,1-2H3,(H2,33,34,35,37,38). The van der Waals surface area contributed by atoms with E-state index in [1.165, 1.54) is 0 Å². The van der Waals surface area contributed by atoms with Gasteiger partial charge in [0.15, 0.2) is 5.78 Å². The lowest BCUT2D eigenvalue weighted by atomic mass is 9.59. The van der Waals surface area contributed by atoms with Crippen LogP contribution in [0.4, 0.5) is 9.59 Å². The van der Waals surface area contributed by atoms with Crippen LogP contribution < -0.4 is 14.8 Å². The van der Waals surface area contributed by atoms with Crippen molar-refractivity contribution < 1.29 is 32.2 Å². The SMILES string of the molecule is CC1(C)C(CCCN=C(NC(=O)OCc2ccccc2)NC(=O)OCc2ccccc2)C(=O)C1S(=O)Oc1ccccc1. The van der Waals surface area contributed by atoms with Gasteiger partial charge in [-0.05, 0) is 41.5 Å². The van der Waals surface area contributed by atoms with E-state index in [0.29, 0.717) is 18.6 Å². The summed E-state index contributed by atoms with van der Waals surface area (Å²) in [7, 11) is 0. The fraction of sp³-hybridized carbons (Fsp3) is 0.312. The molecule has 0 radical (unpaired) electrons. The van der Waals surface area contributed by atoms with Crippen molar-refractivity contribution >= 4 is 35.0 Å². The van der Waals surface area contributed by atoms with E-state index in [1.807, 2.05) is 80.6 Å². The number of ketones is 1. The second-order valence-corrected chi connectivity index (χ2v) is 11.7. The number of ether oxygens (including phenoxy) is 2. The predicted molar refractivity (Wildman–Crippen MR) is 162 cm³/mol. The summed E-state index contributed by atoms with van der Waals surface area (Å²) >= 11 is -1.81. The van der Waals surface area contributed by atoms with Gasteiger partial charge in [0, 0.05) is 12.5 Å². The average molecular weight is 606 g/mol. The number of para-hydroxylation sites is 1. The third-order valence-corrected chi connectivity index (χ3v) is 8.66. The number of rotatable bonds is 11. The van der Waals surface area contributed by atoms with E-state index in [9.17, 15) is 18.6 Å². The number of carbonyl (C=O) groups is 3. The van der Waals surface area contributed by atoms with E-state index in [4.69, 9.17) is 13.7 Å². The zero-order valence-corrected chi connectivity index (χ0v) is 24.9. The van der Waals surface area contributed by atoms with Gasteiger partial charge in [0.2, 0.25) is 17.0 Å². The van der Waals surface area contributed by atoms with Gasteiger partial charge in [0.05, 0.1) is 0 Å². The molecule has 1 aliphatic carbocycles. The van der Waals surface area contributed by atoms with Gasteiger partial charge in [-0.15, -0.1) is 0 Å². The summed E-state index contributed by atoms with van der Waals surface area (Å²) in [5.74, 6) is -0.134. The lowest BCUT2D eigenvalue weighted by Crippen LogP contribution is -2.61.